The monoisotopic (exact) mass is 274 g/mol. The van der Waals surface area contributed by atoms with E-state index in [-0.39, 0.29) is 5.78 Å². The molecule has 1 saturated heterocycles. The number of ether oxygens (including phenoxy) is 1. The van der Waals surface area contributed by atoms with Crippen LogP contribution < -0.4 is 5.32 Å². The Bertz CT molecular complexity index is 543. The van der Waals surface area contributed by atoms with Gasteiger partial charge in [0.25, 0.3) is 0 Å². The number of nitrogens with one attached hydrogen (secondary N) is 1. The second-order valence-electron chi connectivity index (χ2n) is 5.12. The number of hydrogen-bond acceptors (Lipinski definition) is 5. The third-order valence-corrected chi connectivity index (χ3v) is 3.56. The minimum Gasteiger partial charge on any atom is -0.388 e. The standard InChI is InChI=1S/C15H18N2O3/c1-11(18)13-3-2-12(9-16)8-14(13)17-10-15(19)4-6-20-7-5-15/h2-3,8,17,19H,4-7,10H2,1H3. The quantitative estimate of drug-likeness (QED) is 0.817. The van der Waals surface area contributed by atoms with E-state index in [0.29, 0.717) is 49.4 Å². The normalized spacial score (nSPS) is 17.2. The maximum Gasteiger partial charge on any atom is 0.161 e. The highest BCUT2D eigenvalue weighted by Gasteiger charge is 2.29. The van der Waals surface area contributed by atoms with Crippen LogP contribution in [0.4, 0.5) is 5.69 Å². The fraction of sp³-hybridized carbons (Fsp3) is 0.467. The summed E-state index contributed by atoms with van der Waals surface area (Å²) in [6, 6.07) is 6.94. The molecule has 5 nitrogen and oxygen atoms in total. The number of hydrogen-bond donors (Lipinski definition) is 2. The smallest absolute Gasteiger partial charge is 0.161 e. The Labute approximate surface area is 118 Å². The average Bonchev–Trinajstić information content (AvgIpc) is 2.45. The van der Waals surface area contributed by atoms with Crippen molar-refractivity contribution in [2.45, 2.75) is 25.4 Å². The van der Waals surface area contributed by atoms with E-state index in [0.717, 1.165) is 0 Å². The molecule has 0 radical (unpaired) electrons. The van der Waals surface area contributed by atoms with Crippen molar-refractivity contribution in [1.82, 2.24) is 0 Å². The number of benzene rings is 1. The third-order valence-electron chi connectivity index (χ3n) is 3.56. The molecule has 1 aliphatic rings. The lowest BCUT2D eigenvalue weighted by molar-refractivity contribution is -0.0543. The Hall–Kier alpha value is -1.90. The van der Waals surface area contributed by atoms with Crippen LogP contribution in [0, 0.1) is 11.3 Å². The number of nitrogens with zero attached hydrogens (tertiary/aromatic N) is 1. The van der Waals surface area contributed by atoms with Gasteiger partial charge in [-0.15, -0.1) is 0 Å². The first-order valence-corrected chi connectivity index (χ1v) is 6.63. The lowest BCUT2D eigenvalue weighted by Gasteiger charge is -2.32. The first-order valence-electron chi connectivity index (χ1n) is 6.63. The molecule has 2 rings (SSSR count). The van der Waals surface area contributed by atoms with Crippen molar-refractivity contribution >= 4 is 11.5 Å². The van der Waals surface area contributed by atoms with Gasteiger partial charge in [-0.2, -0.15) is 5.26 Å². The maximum atomic E-state index is 11.6. The van der Waals surface area contributed by atoms with Crippen LogP contribution in [0.1, 0.15) is 35.7 Å². The van der Waals surface area contributed by atoms with Crippen LogP contribution in [0.2, 0.25) is 0 Å². The predicted molar refractivity (Wildman–Crippen MR) is 74.7 cm³/mol. The number of carbonyl (C=O) groups is 1. The van der Waals surface area contributed by atoms with Crippen molar-refractivity contribution in [3.63, 3.8) is 0 Å². The van der Waals surface area contributed by atoms with E-state index in [4.69, 9.17) is 10.00 Å². The van der Waals surface area contributed by atoms with E-state index < -0.39 is 5.60 Å². The Morgan fingerprint density at radius 2 is 2.20 bits per heavy atom. The zero-order chi connectivity index (χ0) is 14.6. The molecule has 0 aromatic heterocycles. The van der Waals surface area contributed by atoms with Gasteiger partial charge in [-0.25, -0.2) is 0 Å². The first kappa shape index (κ1) is 14.5. The van der Waals surface area contributed by atoms with Crippen molar-refractivity contribution in [3.05, 3.63) is 29.3 Å². The van der Waals surface area contributed by atoms with E-state index in [1.165, 1.54) is 6.92 Å². The minimum absolute atomic E-state index is 0.0732. The van der Waals surface area contributed by atoms with Gasteiger partial charge in [0.2, 0.25) is 0 Å². The summed E-state index contributed by atoms with van der Waals surface area (Å²) in [5, 5.41) is 22.4. The van der Waals surface area contributed by atoms with Gasteiger partial charge in [-0.3, -0.25) is 4.79 Å². The predicted octanol–water partition coefficient (Wildman–Crippen LogP) is 1.71. The molecule has 20 heavy (non-hydrogen) atoms. The summed E-state index contributed by atoms with van der Waals surface area (Å²) in [7, 11) is 0. The van der Waals surface area contributed by atoms with Gasteiger partial charge in [0.15, 0.2) is 5.78 Å². The largest absolute Gasteiger partial charge is 0.388 e. The van der Waals surface area contributed by atoms with Gasteiger partial charge in [0.05, 0.1) is 17.2 Å². The Kier molecular flexibility index (Phi) is 4.38. The Morgan fingerprint density at radius 1 is 1.50 bits per heavy atom. The first-order chi connectivity index (χ1) is 9.54. The molecule has 0 unspecified atom stereocenters. The summed E-state index contributed by atoms with van der Waals surface area (Å²) in [5.41, 5.74) is 0.780. The van der Waals surface area contributed by atoms with Gasteiger partial charge < -0.3 is 15.2 Å². The highest BCUT2D eigenvalue weighted by Crippen LogP contribution is 2.23. The molecule has 2 N–H and O–H groups in total. The molecule has 1 aliphatic heterocycles. The summed E-state index contributed by atoms with van der Waals surface area (Å²) >= 11 is 0. The number of carbonyl (C=O) groups excluding carboxylic acids is 1. The van der Waals surface area contributed by atoms with Crippen LogP contribution in [0.25, 0.3) is 0 Å². The van der Waals surface area contributed by atoms with Crippen LogP contribution in [0.5, 0.6) is 0 Å². The number of nitriles is 1. The highest BCUT2D eigenvalue weighted by molar-refractivity contribution is 5.99. The molecule has 106 valence electrons. The molecule has 0 saturated carbocycles. The summed E-state index contributed by atoms with van der Waals surface area (Å²) < 4.78 is 5.23. The van der Waals surface area contributed by atoms with Crippen molar-refractivity contribution in [1.29, 1.82) is 5.26 Å². The molecule has 0 aliphatic carbocycles. The van der Waals surface area contributed by atoms with Gasteiger partial charge >= 0.3 is 0 Å². The lowest BCUT2D eigenvalue weighted by atomic mass is 9.94. The van der Waals surface area contributed by atoms with Crippen LogP contribution in [0.15, 0.2) is 18.2 Å². The van der Waals surface area contributed by atoms with Crippen molar-refractivity contribution in [2.24, 2.45) is 0 Å². The fourth-order valence-corrected chi connectivity index (χ4v) is 2.25. The summed E-state index contributed by atoms with van der Waals surface area (Å²) in [4.78, 5) is 11.6. The number of Topliss-reactive ketones (excluding diaryl/α,β-unsaturated/α-hetero) is 1. The Balaban J connectivity index is 2.15. The summed E-state index contributed by atoms with van der Waals surface area (Å²) in [6.07, 6.45) is 1.13. The molecule has 0 atom stereocenters. The topological polar surface area (TPSA) is 82.4 Å². The SMILES string of the molecule is CC(=O)c1ccc(C#N)cc1NCC1(O)CCOCC1. The molecular weight excluding hydrogens is 256 g/mol. The molecule has 5 heteroatoms. The molecule has 1 aromatic rings. The second kappa shape index (κ2) is 6.04. The molecule has 1 heterocycles. The third kappa shape index (κ3) is 3.35. The summed E-state index contributed by atoms with van der Waals surface area (Å²) in [6.45, 7) is 2.90. The van der Waals surface area contributed by atoms with Crippen LogP contribution >= 0.6 is 0 Å². The number of ketones is 1. The zero-order valence-electron chi connectivity index (χ0n) is 11.5. The second-order valence-corrected chi connectivity index (χ2v) is 5.12. The van der Waals surface area contributed by atoms with Gasteiger partial charge in [0.1, 0.15) is 0 Å². The number of anilines is 1. The highest BCUT2D eigenvalue weighted by atomic mass is 16.5. The lowest BCUT2D eigenvalue weighted by Crippen LogP contribution is -2.42. The van der Waals surface area contributed by atoms with E-state index in [2.05, 4.69) is 5.32 Å². The van der Waals surface area contributed by atoms with Crippen LogP contribution in [-0.2, 0) is 4.74 Å². The Morgan fingerprint density at radius 3 is 2.80 bits per heavy atom. The van der Waals surface area contributed by atoms with Crippen LogP contribution in [0.3, 0.4) is 0 Å². The molecule has 0 spiro atoms. The van der Waals surface area contributed by atoms with Crippen molar-refractivity contribution < 1.29 is 14.6 Å². The van der Waals surface area contributed by atoms with E-state index in [1.54, 1.807) is 18.2 Å². The van der Waals surface area contributed by atoms with E-state index in [1.807, 2.05) is 6.07 Å². The van der Waals surface area contributed by atoms with Crippen molar-refractivity contribution in [2.75, 3.05) is 25.1 Å². The molecule has 0 bridgehead atoms. The van der Waals surface area contributed by atoms with Gasteiger partial charge in [-0.05, 0) is 25.1 Å². The molecule has 0 amide bonds. The number of aliphatic hydroxyl groups is 1. The maximum absolute atomic E-state index is 11.6. The summed E-state index contributed by atoms with van der Waals surface area (Å²) in [5.74, 6) is -0.0732. The average molecular weight is 274 g/mol. The fourth-order valence-electron chi connectivity index (χ4n) is 2.25. The molecule has 1 fully saturated rings. The molecule has 1 aromatic carbocycles. The van der Waals surface area contributed by atoms with E-state index >= 15 is 0 Å². The van der Waals surface area contributed by atoms with Crippen molar-refractivity contribution in [3.8, 4) is 6.07 Å². The van der Waals surface area contributed by atoms with Gasteiger partial charge in [-0.1, -0.05) is 0 Å². The minimum atomic E-state index is -0.824. The molecular formula is C15H18N2O3. The van der Waals surface area contributed by atoms with Crippen LogP contribution in [-0.4, -0.2) is 36.2 Å². The zero-order valence-corrected chi connectivity index (χ0v) is 11.5. The van der Waals surface area contributed by atoms with Gasteiger partial charge in [0, 0.05) is 43.9 Å². The van der Waals surface area contributed by atoms with E-state index in [9.17, 15) is 9.90 Å². The number of rotatable bonds is 4.